The Kier molecular flexibility index (Phi) is 4.76. The molecular formula is C19H20N6O. The van der Waals surface area contributed by atoms with Crippen LogP contribution < -0.4 is 11.1 Å². The van der Waals surface area contributed by atoms with Gasteiger partial charge in [0, 0.05) is 20.3 Å². The van der Waals surface area contributed by atoms with E-state index in [0.29, 0.717) is 29.0 Å². The molecule has 0 aliphatic carbocycles. The smallest absolute Gasteiger partial charge is 0.274 e. The highest BCUT2D eigenvalue weighted by molar-refractivity contribution is 6.48. The molecule has 0 aliphatic rings. The summed E-state index contributed by atoms with van der Waals surface area (Å²) >= 11 is 0. The number of nitrogens with two attached hydrogens (primary N) is 1. The van der Waals surface area contributed by atoms with Crippen molar-refractivity contribution in [2.24, 2.45) is 0 Å². The fraction of sp³-hybridized carbons (Fsp3) is 0.0526. The van der Waals surface area contributed by atoms with Crippen LogP contribution in [0.2, 0.25) is 0 Å². The Morgan fingerprint density at radius 3 is 2.69 bits per heavy atom. The van der Waals surface area contributed by atoms with Gasteiger partial charge in [0.2, 0.25) is 0 Å². The number of anilines is 2. The van der Waals surface area contributed by atoms with Gasteiger partial charge in [-0.15, -0.1) is 0 Å². The summed E-state index contributed by atoms with van der Waals surface area (Å²) in [6.07, 6.45) is 3.20. The average Bonchev–Trinajstić information content (AvgIpc) is 3.09. The van der Waals surface area contributed by atoms with Gasteiger partial charge in [-0.3, -0.25) is 14.9 Å². The van der Waals surface area contributed by atoms with Crippen molar-refractivity contribution in [2.75, 3.05) is 11.1 Å². The Labute approximate surface area is 153 Å². The van der Waals surface area contributed by atoms with E-state index in [1.165, 1.54) is 6.20 Å². The lowest BCUT2D eigenvalue weighted by atomic mass is 10.1. The lowest BCUT2D eigenvalue weighted by Crippen LogP contribution is -2.23. The van der Waals surface area contributed by atoms with Crippen LogP contribution in [0.15, 0.2) is 60.9 Å². The molecule has 0 unspecified atom stereocenters. The van der Waals surface area contributed by atoms with Gasteiger partial charge < -0.3 is 11.1 Å². The van der Waals surface area contributed by atoms with Crippen molar-refractivity contribution in [1.29, 1.82) is 10.7 Å². The van der Waals surface area contributed by atoms with Crippen molar-refractivity contribution in [3.8, 4) is 6.07 Å². The largest absolute Gasteiger partial charge is 0.398 e. The third-order valence-electron chi connectivity index (χ3n) is 3.78. The standard InChI is InChI=1S/C19H16N6O.2H2/c20-9-13-5-7-14(8-6-13)11-25-12-15(10-23-25)24-19(26)18(22)16-3-1-2-4-17(16)21;;/h1-8,10,12,22H,11,21H2,(H,24,26);2*1H. The Morgan fingerprint density at radius 1 is 1.27 bits per heavy atom. The van der Waals surface area contributed by atoms with Gasteiger partial charge in [-0.2, -0.15) is 10.4 Å². The number of para-hydroxylation sites is 1. The molecule has 7 heteroatoms. The fourth-order valence-electron chi connectivity index (χ4n) is 2.43. The van der Waals surface area contributed by atoms with E-state index in [4.69, 9.17) is 16.4 Å². The number of aromatic nitrogens is 2. The second kappa shape index (κ2) is 7.32. The van der Waals surface area contributed by atoms with Crippen molar-refractivity contribution < 1.29 is 7.65 Å². The molecule has 3 rings (SSSR count). The first-order valence-electron chi connectivity index (χ1n) is 7.83. The van der Waals surface area contributed by atoms with Gasteiger partial charge in [-0.25, -0.2) is 0 Å². The van der Waals surface area contributed by atoms with E-state index in [-0.39, 0.29) is 8.56 Å². The van der Waals surface area contributed by atoms with Crippen molar-refractivity contribution in [3.05, 3.63) is 77.6 Å². The van der Waals surface area contributed by atoms with Crippen LogP contribution in [0.5, 0.6) is 0 Å². The summed E-state index contributed by atoms with van der Waals surface area (Å²) in [5, 5.41) is 23.7. The minimum atomic E-state index is -0.555. The third kappa shape index (κ3) is 3.76. The summed E-state index contributed by atoms with van der Waals surface area (Å²) in [5.74, 6) is -0.555. The maximum atomic E-state index is 12.2. The molecule has 0 bridgehead atoms. The van der Waals surface area contributed by atoms with Crippen LogP contribution in [0.25, 0.3) is 0 Å². The molecule has 0 saturated heterocycles. The van der Waals surface area contributed by atoms with Gasteiger partial charge in [-0.1, -0.05) is 30.3 Å². The summed E-state index contributed by atoms with van der Waals surface area (Å²) in [4.78, 5) is 12.2. The first kappa shape index (κ1) is 16.9. The Bertz CT molecular complexity index is 1010. The Hall–Kier alpha value is -3.92. The quantitative estimate of drug-likeness (QED) is 0.485. The first-order valence-corrected chi connectivity index (χ1v) is 7.83. The second-order valence-electron chi connectivity index (χ2n) is 5.65. The number of carbonyl (C=O) groups is 1. The number of nitrogens with zero attached hydrogens (tertiary/aromatic N) is 3. The number of carbonyl (C=O) groups excluding carboxylic acids is 1. The van der Waals surface area contributed by atoms with E-state index >= 15 is 0 Å². The molecule has 132 valence electrons. The summed E-state index contributed by atoms with van der Waals surface area (Å²) in [7, 11) is 0. The monoisotopic (exact) mass is 348 g/mol. The Morgan fingerprint density at radius 2 is 2.00 bits per heavy atom. The molecule has 1 amide bonds. The summed E-state index contributed by atoms with van der Waals surface area (Å²) in [6, 6.07) is 16.0. The predicted molar refractivity (Wildman–Crippen MR) is 103 cm³/mol. The molecule has 0 saturated carbocycles. The molecule has 0 aliphatic heterocycles. The molecular weight excluding hydrogens is 328 g/mol. The SMILES string of the molecule is N#Cc1ccc(Cn2cc(NC(=O)C(=N)c3ccccc3N)cn2)cc1.[HH].[HH]. The molecule has 3 aromatic rings. The van der Waals surface area contributed by atoms with Crippen molar-refractivity contribution in [2.45, 2.75) is 6.54 Å². The van der Waals surface area contributed by atoms with E-state index in [1.807, 2.05) is 12.1 Å². The van der Waals surface area contributed by atoms with Crippen molar-refractivity contribution >= 4 is 23.0 Å². The van der Waals surface area contributed by atoms with Crippen LogP contribution in [-0.4, -0.2) is 21.4 Å². The number of nitrogen functional groups attached to an aromatic ring is 1. The molecule has 4 N–H and O–H groups in total. The normalized spacial score (nSPS) is 10.1. The lowest BCUT2D eigenvalue weighted by molar-refractivity contribution is -0.110. The van der Waals surface area contributed by atoms with Crippen LogP contribution in [0.3, 0.4) is 0 Å². The van der Waals surface area contributed by atoms with Gasteiger partial charge in [0.05, 0.1) is 30.1 Å². The van der Waals surface area contributed by atoms with E-state index in [9.17, 15) is 4.79 Å². The number of rotatable bonds is 5. The van der Waals surface area contributed by atoms with Crippen molar-refractivity contribution in [3.63, 3.8) is 0 Å². The average molecular weight is 348 g/mol. The topological polar surface area (TPSA) is 121 Å². The van der Waals surface area contributed by atoms with Gasteiger partial charge in [0.15, 0.2) is 0 Å². The lowest BCUT2D eigenvalue weighted by Gasteiger charge is -2.07. The molecule has 1 aromatic heterocycles. The molecule has 0 radical (unpaired) electrons. The zero-order chi connectivity index (χ0) is 18.5. The van der Waals surface area contributed by atoms with Gasteiger partial charge >= 0.3 is 0 Å². The minimum absolute atomic E-state index is 0. The number of hydrogen-bond donors (Lipinski definition) is 3. The van der Waals surface area contributed by atoms with E-state index in [2.05, 4.69) is 16.5 Å². The number of benzene rings is 2. The van der Waals surface area contributed by atoms with Crippen LogP contribution in [0, 0.1) is 16.7 Å². The van der Waals surface area contributed by atoms with Gasteiger partial charge in [-0.05, 0) is 23.8 Å². The molecule has 1 heterocycles. The van der Waals surface area contributed by atoms with Gasteiger partial charge in [0.25, 0.3) is 5.91 Å². The highest BCUT2D eigenvalue weighted by Crippen LogP contribution is 2.13. The second-order valence-corrected chi connectivity index (χ2v) is 5.65. The number of hydrogen-bond acceptors (Lipinski definition) is 5. The number of amides is 1. The molecule has 26 heavy (non-hydrogen) atoms. The van der Waals surface area contributed by atoms with E-state index in [1.54, 1.807) is 47.3 Å². The minimum Gasteiger partial charge on any atom is -0.398 e. The maximum absolute atomic E-state index is 12.2. The molecule has 0 spiro atoms. The molecule has 0 fully saturated rings. The summed E-state index contributed by atoms with van der Waals surface area (Å²) < 4.78 is 1.66. The van der Waals surface area contributed by atoms with Crippen LogP contribution in [0.1, 0.15) is 19.5 Å². The fourth-order valence-corrected chi connectivity index (χ4v) is 2.43. The molecule has 0 atom stereocenters. The molecule has 2 aromatic carbocycles. The zero-order valence-electron chi connectivity index (χ0n) is 13.8. The van der Waals surface area contributed by atoms with Crippen LogP contribution >= 0.6 is 0 Å². The number of nitriles is 1. The summed E-state index contributed by atoms with van der Waals surface area (Å²) in [6.45, 7) is 0.505. The third-order valence-corrected chi connectivity index (χ3v) is 3.78. The maximum Gasteiger partial charge on any atom is 0.274 e. The highest BCUT2D eigenvalue weighted by Gasteiger charge is 2.15. The first-order chi connectivity index (χ1) is 12.6. The highest BCUT2D eigenvalue weighted by atomic mass is 16.1. The number of nitrogens with one attached hydrogen (secondary N) is 2. The van der Waals surface area contributed by atoms with Crippen LogP contribution in [0.4, 0.5) is 11.4 Å². The molecule has 7 nitrogen and oxygen atoms in total. The summed E-state index contributed by atoms with van der Waals surface area (Å²) in [5.41, 5.74) is 8.43. The van der Waals surface area contributed by atoms with Crippen LogP contribution in [-0.2, 0) is 11.3 Å². The van der Waals surface area contributed by atoms with Gasteiger partial charge in [0.1, 0.15) is 5.71 Å². The predicted octanol–water partition coefficient (Wildman–Crippen LogP) is 2.88. The zero-order valence-corrected chi connectivity index (χ0v) is 13.8. The van der Waals surface area contributed by atoms with E-state index < -0.39 is 5.91 Å². The Balaban J connectivity index is 0.00000196. The van der Waals surface area contributed by atoms with Crippen molar-refractivity contribution in [1.82, 2.24) is 9.78 Å². The van der Waals surface area contributed by atoms with E-state index in [0.717, 1.165) is 5.56 Å².